The van der Waals surface area contributed by atoms with Gasteiger partial charge in [0.05, 0.1) is 12.3 Å². The summed E-state index contributed by atoms with van der Waals surface area (Å²) in [7, 11) is 0. The van der Waals surface area contributed by atoms with Gasteiger partial charge in [0.1, 0.15) is 0 Å². The zero-order chi connectivity index (χ0) is 9.42. The van der Waals surface area contributed by atoms with E-state index >= 15 is 0 Å². The summed E-state index contributed by atoms with van der Waals surface area (Å²) >= 11 is 0. The molecule has 0 spiro atoms. The highest BCUT2D eigenvalue weighted by Gasteiger charge is 2.29. The smallest absolute Gasteiger partial charge is 0.0718 e. The Morgan fingerprint density at radius 1 is 1.54 bits per heavy atom. The highest BCUT2D eigenvalue weighted by molar-refractivity contribution is 5.31. The molecule has 3 nitrogen and oxygen atoms in total. The predicted molar refractivity (Wildman–Crippen MR) is 50.6 cm³/mol. The molecule has 2 rings (SSSR count). The lowest BCUT2D eigenvalue weighted by atomic mass is 10.0. The van der Waals surface area contributed by atoms with Crippen molar-refractivity contribution in [3.63, 3.8) is 0 Å². The van der Waals surface area contributed by atoms with Crippen molar-refractivity contribution in [3.05, 3.63) is 17.0 Å². The number of aromatic nitrogens is 2. The minimum atomic E-state index is 0.121. The number of nitrogens with one attached hydrogen (secondary N) is 1. The van der Waals surface area contributed by atoms with E-state index in [1.54, 1.807) is 0 Å². The van der Waals surface area contributed by atoms with Crippen molar-refractivity contribution in [2.75, 3.05) is 0 Å². The average molecular weight is 180 g/mol. The Balaban J connectivity index is 2.35. The van der Waals surface area contributed by atoms with Crippen LogP contribution in [0.15, 0.2) is 0 Å². The molecule has 72 valence electrons. The van der Waals surface area contributed by atoms with Crippen molar-refractivity contribution in [3.8, 4) is 0 Å². The lowest BCUT2D eigenvalue weighted by Crippen LogP contribution is -1.95. The van der Waals surface area contributed by atoms with Gasteiger partial charge in [0.25, 0.3) is 0 Å². The van der Waals surface area contributed by atoms with Crippen LogP contribution in [0.2, 0.25) is 0 Å². The van der Waals surface area contributed by atoms with E-state index in [1.165, 1.54) is 18.5 Å². The molecule has 0 bridgehead atoms. The number of aliphatic hydroxyl groups is 1. The van der Waals surface area contributed by atoms with Crippen molar-refractivity contribution in [1.82, 2.24) is 10.2 Å². The Hall–Kier alpha value is -0.830. The molecule has 0 atom stereocenters. The molecule has 0 aromatic carbocycles. The third-order valence-electron chi connectivity index (χ3n) is 2.62. The van der Waals surface area contributed by atoms with Crippen molar-refractivity contribution >= 4 is 0 Å². The van der Waals surface area contributed by atoms with Crippen LogP contribution in [-0.4, -0.2) is 15.3 Å². The number of hydrogen-bond donors (Lipinski definition) is 2. The number of aliphatic hydroxyl groups excluding tert-OH is 1. The van der Waals surface area contributed by atoms with Crippen LogP contribution in [0.3, 0.4) is 0 Å². The lowest BCUT2D eigenvalue weighted by molar-refractivity contribution is 0.279. The van der Waals surface area contributed by atoms with Gasteiger partial charge in [-0.25, -0.2) is 0 Å². The highest BCUT2D eigenvalue weighted by atomic mass is 16.3. The van der Waals surface area contributed by atoms with Crippen LogP contribution in [0.1, 0.15) is 55.5 Å². The first-order valence-corrected chi connectivity index (χ1v) is 4.92. The summed E-state index contributed by atoms with van der Waals surface area (Å²) in [6.07, 6.45) is 2.49. The summed E-state index contributed by atoms with van der Waals surface area (Å²) < 4.78 is 0. The van der Waals surface area contributed by atoms with Gasteiger partial charge < -0.3 is 5.11 Å². The van der Waals surface area contributed by atoms with Gasteiger partial charge in [-0.1, -0.05) is 13.8 Å². The van der Waals surface area contributed by atoms with Crippen molar-refractivity contribution in [2.24, 2.45) is 0 Å². The first kappa shape index (κ1) is 8.75. The Bertz CT molecular complexity index is 280. The van der Waals surface area contributed by atoms with Gasteiger partial charge >= 0.3 is 0 Å². The molecule has 1 aromatic rings. The van der Waals surface area contributed by atoms with E-state index in [9.17, 15) is 5.11 Å². The molecule has 1 aliphatic rings. The molecule has 1 fully saturated rings. The molecule has 0 aliphatic heterocycles. The SMILES string of the molecule is CC(C)c1n[nH]c(C2CC2)c1CO. The van der Waals surface area contributed by atoms with Gasteiger partial charge in [0.2, 0.25) is 0 Å². The van der Waals surface area contributed by atoms with Gasteiger partial charge in [0, 0.05) is 17.2 Å². The van der Waals surface area contributed by atoms with Crippen LogP contribution in [0.25, 0.3) is 0 Å². The molecular weight excluding hydrogens is 164 g/mol. The first-order chi connectivity index (χ1) is 6.24. The zero-order valence-corrected chi connectivity index (χ0v) is 8.17. The molecule has 0 saturated heterocycles. The summed E-state index contributed by atoms with van der Waals surface area (Å²) in [6.45, 7) is 4.33. The van der Waals surface area contributed by atoms with Gasteiger partial charge in [0.15, 0.2) is 0 Å². The number of H-pyrrole nitrogens is 1. The van der Waals surface area contributed by atoms with Crippen LogP contribution in [0, 0.1) is 0 Å². The van der Waals surface area contributed by atoms with E-state index in [2.05, 4.69) is 24.0 Å². The zero-order valence-electron chi connectivity index (χ0n) is 8.17. The average Bonchev–Trinajstić information content (AvgIpc) is 2.84. The summed E-state index contributed by atoms with van der Waals surface area (Å²) in [5.41, 5.74) is 3.24. The Labute approximate surface area is 78.2 Å². The maximum atomic E-state index is 9.25. The van der Waals surface area contributed by atoms with E-state index in [-0.39, 0.29) is 6.61 Å². The second kappa shape index (κ2) is 3.14. The summed E-state index contributed by atoms with van der Waals surface area (Å²) in [6, 6.07) is 0. The van der Waals surface area contributed by atoms with Gasteiger partial charge in [-0.3, -0.25) is 5.10 Å². The fourth-order valence-electron chi connectivity index (χ4n) is 1.75. The van der Waals surface area contributed by atoms with E-state index in [1.807, 2.05) is 0 Å². The number of aromatic amines is 1. The molecule has 1 aromatic heterocycles. The Morgan fingerprint density at radius 3 is 2.69 bits per heavy atom. The van der Waals surface area contributed by atoms with E-state index in [4.69, 9.17) is 0 Å². The monoisotopic (exact) mass is 180 g/mol. The fourth-order valence-corrected chi connectivity index (χ4v) is 1.75. The normalized spacial score (nSPS) is 16.9. The molecule has 1 saturated carbocycles. The van der Waals surface area contributed by atoms with Crippen molar-refractivity contribution in [1.29, 1.82) is 0 Å². The third-order valence-corrected chi connectivity index (χ3v) is 2.62. The maximum Gasteiger partial charge on any atom is 0.0718 e. The standard InChI is InChI=1S/C10H16N2O/c1-6(2)9-8(5-13)10(12-11-9)7-3-4-7/h6-7,13H,3-5H2,1-2H3,(H,11,12). The second-order valence-corrected chi connectivity index (χ2v) is 4.09. The first-order valence-electron chi connectivity index (χ1n) is 4.92. The van der Waals surface area contributed by atoms with Crippen molar-refractivity contribution in [2.45, 2.75) is 45.1 Å². The number of hydrogen-bond acceptors (Lipinski definition) is 2. The number of nitrogens with zero attached hydrogens (tertiary/aromatic N) is 1. The lowest BCUT2D eigenvalue weighted by Gasteiger charge is -2.03. The molecule has 13 heavy (non-hydrogen) atoms. The molecule has 0 radical (unpaired) electrons. The minimum absolute atomic E-state index is 0.121. The molecule has 0 amide bonds. The third kappa shape index (κ3) is 1.48. The Morgan fingerprint density at radius 2 is 2.23 bits per heavy atom. The van der Waals surface area contributed by atoms with Crippen LogP contribution >= 0.6 is 0 Å². The largest absolute Gasteiger partial charge is 0.392 e. The Kier molecular flexibility index (Phi) is 2.12. The molecule has 1 heterocycles. The van der Waals surface area contributed by atoms with Crippen LogP contribution in [0.5, 0.6) is 0 Å². The summed E-state index contributed by atoms with van der Waals surface area (Å²) in [4.78, 5) is 0. The summed E-state index contributed by atoms with van der Waals surface area (Å²) in [5, 5.41) is 16.6. The second-order valence-electron chi connectivity index (χ2n) is 4.09. The molecule has 3 heteroatoms. The van der Waals surface area contributed by atoms with Crippen LogP contribution < -0.4 is 0 Å². The van der Waals surface area contributed by atoms with Crippen molar-refractivity contribution < 1.29 is 5.11 Å². The number of rotatable bonds is 3. The van der Waals surface area contributed by atoms with Gasteiger partial charge in [-0.15, -0.1) is 0 Å². The summed E-state index contributed by atoms with van der Waals surface area (Å²) in [5.74, 6) is 1.04. The van der Waals surface area contributed by atoms with Gasteiger partial charge in [-0.2, -0.15) is 5.10 Å². The van der Waals surface area contributed by atoms with Crippen LogP contribution in [0.4, 0.5) is 0 Å². The molecule has 1 aliphatic carbocycles. The minimum Gasteiger partial charge on any atom is -0.392 e. The van der Waals surface area contributed by atoms with E-state index in [0.29, 0.717) is 11.8 Å². The quantitative estimate of drug-likeness (QED) is 0.746. The van der Waals surface area contributed by atoms with E-state index < -0.39 is 0 Å². The van der Waals surface area contributed by atoms with E-state index in [0.717, 1.165) is 11.3 Å². The van der Waals surface area contributed by atoms with Crippen LogP contribution in [-0.2, 0) is 6.61 Å². The maximum absolute atomic E-state index is 9.25. The molecular formula is C10H16N2O. The molecule has 0 unspecified atom stereocenters. The predicted octanol–water partition coefficient (Wildman–Crippen LogP) is 1.90. The fraction of sp³-hybridized carbons (Fsp3) is 0.700. The van der Waals surface area contributed by atoms with Gasteiger partial charge in [-0.05, 0) is 18.8 Å². The molecule has 2 N–H and O–H groups in total. The topological polar surface area (TPSA) is 48.9 Å². The highest BCUT2D eigenvalue weighted by Crippen LogP contribution is 2.41.